The Morgan fingerprint density at radius 2 is 2.26 bits per heavy atom. The number of rotatable bonds is 4. The molecule has 4 heteroatoms. The number of hydrogen-bond donors (Lipinski definition) is 1. The summed E-state index contributed by atoms with van der Waals surface area (Å²) in [6.07, 6.45) is 1.06. The first-order chi connectivity index (χ1) is 9.28. The first-order valence-electron chi connectivity index (χ1n) is 6.73. The fourth-order valence-corrected chi connectivity index (χ4v) is 3.46. The summed E-state index contributed by atoms with van der Waals surface area (Å²) >= 11 is 1.72. The summed E-state index contributed by atoms with van der Waals surface area (Å²) in [5, 5.41) is 3.30. The molecule has 3 nitrogen and oxygen atoms in total. The molecule has 0 saturated carbocycles. The van der Waals surface area contributed by atoms with E-state index in [1.54, 1.807) is 11.3 Å². The molecule has 1 aromatic carbocycles. The fraction of sp³-hybridized carbons (Fsp3) is 0.400. The Kier molecular flexibility index (Phi) is 3.53. The molecule has 1 aliphatic rings. The number of para-hydroxylation sites is 1. The molecule has 0 saturated heterocycles. The first-order valence-corrected chi connectivity index (χ1v) is 7.61. The molecular formula is C15H19N3S. The monoisotopic (exact) mass is 273 g/mol. The van der Waals surface area contributed by atoms with Gasteiger partial charge in [-0.25, -0.2) is 4.98 Å². The van der Waals surface area contributed by atoms with Crippen LogP contribution in [-0.4, -0.2) is 18.1 Å². The van der Waals surface area contributed by atoms with Gasteiger partial charge in [-0.05, 0) is 31.5 Å². The number of aryl methyl sites for hydroxylation is 1. The Morgan fingerprint density at radius 3 is 3.00 bits per heavy atom. The summed E-state index contributed by atoms with van der Waals surface area (Å²) in [5.41, 5.74) is 9.71. The van der Waals surface area contributed by atoms with Crippen LogP contribution in [0, 0.1) is 6.92 Å². The maximum atomic E-state index is 5.74. The molecule has 0 radical (unpaired) electrons. The van der Waals surface area contributed by atoms with Gasteiger partial charge in [-0.15, -0.1) is 11.3 Å². The van der Waals surface area contributed by atoms with Crippen LogP contribution < -0.4 is 10.6 Å². The van der Waals surface area contributed by atoms with Crippen LogP contribution in [0.5, 0.6) is 0 Å². The smallest absolute Gasteiger partial charge is 0.0898 e. The average molecular weight is 273 g/mol. The summed E-state index contributed by atoms with van der Waals surface area (Å²) in [6.45, 7) is 4.78. The number of hydrogen-bond acceptors (Lipinski definition) is 4. The highest BCUT2D eigenvalue weighted by molar-refractivity contribution is 7.09. The molecule has 1 aromatic heterocycles. The summed E-state index contributed by atoms with van der Waals surface area (Å²) < 4.78 is 0. The number of aromatic nitrogens is 1. The zero-order valence-electron chi connectivity index (χ0n) is 11.2. The summed E-state index contributed by atoms with van der Waals surface area (Å²) in [4.78, 5) is 7.00. The van der Waals surface area contributed by atoms with Crippen molar-refractivity contribution in [2.24, 2.45) is 5.73 Å². The Labute approximate surface area is 118 Å². The van der Waals surface area contributed by atoms with Gasteiger partial charge >= 0.3 is 0 Å². The first kappa shape index (κ1) is 12.6. The van der Waals surface area contributed by atoms with E-state index in [9.17, 15) is 0 Å². The Balaban J connectivity index is 1.84. The van der Waals surface area contributed by atoms with Crippen LogP contribution in [-0.2, 0) is 6.54 Å². The zero-order chi connectivity index (χ0) is 13.2. The van der Waals surface area contributed by atoms with Gasteiger partial charge in [0.05, 0.1) is 17.2 Å². The largest absolute Gasteiger partial charge is 0.365 e. The van der Waals surface area contributed by atoms with Gasteiger partial charge in [0.1, 0.15) is 0 Å². The van der Waals surface area contributed by atoms with E-state index in [1.165, 1.54) is 16.9 Å². The van der Waals surface area contributed by atoms with Crippen molar-refractivity contribution in [3.8, 4) is 0 Å². The van der Waals surface area contributed by atoms with Crippen molar-refractivity contribution in [3.05, 3.63) is 45.9 Å². The molecule has 0 bridgehead atoms. The van der Waals surface area contributed by atoms with E-state index in [4.69, 9.17) is 5.73 Å². The van der Waals surface area contributed by atoms with E-state index in [1.807, 2.05) is 0 Å². The van der Waals surface area contributed by atoms with Crippen molar-refractivity contribution in [3.63, 3.8) is 0 Å². The third-order valence-electron chi connectivity index (χ3n) is 3.69. The lowest BCUT2D eigenvalue weighted by atomic mass is 9.98. The molecule has 0 spiro atoms. The van der Waals surface area contributed by atoms with Crippen LogP contribution in [0.3, 0.4) is 0 Å². The van der Waals surface area contributed by atoms with Crippen molar-refractivity contribution in [1.82, 2.24) is 4.98 Å². The van der Waals surface area contributed by atoms with E-state index in [0.717, 1.165) is 31.1 Å². The van der Waals surface area contributed by atoms with Gasteiger partial charge in [0.2, 0.25) is 0 Å². The molecule has 100 valence electrons. The lowest BCUT2D eigenvalue weighted by Gasteiger charge is -2.18. The van der Waals surface area contributed by atoms with E-state index in [-0.39, 0.29) is 0 Å². The van der Waals surface area contributed by atoms with Gasteiger partial charge in [-0.1, -0.05) is 18.2 Å². The average Bonchev–Trinajstić information content (AvgIpc) is 2.97. The number of nitrogens with two attached hydrogens (primary N) is 1. The maximum Gasteiger partial charge on any atom is 0.0898 e. The van der Waals surface area contributed by atoms with E-state index in [0.29, 0.717) is 5.92 Å². The van der Waals surface area contributed by atoms with Crippen LogP contribution >= 0.6 is 11.3 Å². The van der Waals surface area contributed by atoms with Crippen LogP contribution in [0.4, 0.5) is 5.69 Å². The second-order valence-electron chi connectivity index (χ2n) is 5.07. The van der Waals surface area contributed by atoms with Gasteiger partial charge in [-0.3, -0.25) is 0 Å². The normalized spacial score (nSPS) is 17.8. The topological polar surface area (TPSA) is 42.2 Å². The predicted octanol–water partition coefficient (Wildman–Crippen LogP) is 2.90. The Morgan fingerprint density at radius 1 is 1.42 bits per heavy atom. The summed E-state index contributed by atoms with van der Waals surface area (Å²) in [6, 6.07) is 8.69. The molecule has 19 heavy (non-hydrogen) atoms. The molecule has 1 unspecified atom stereocenters. The molecule has 1 aliphatic heterocycles. The molecule has 2 aromatic rings. The molecule has 0 fully saturated rings. The van der Waals surface area contributed by atoms with Crippen molar-refractivity contribution in [2.75, 3.05) is 18.0 Å². The lowest BCUT2D eigenvalue weighted by molar-refractivity contribution is 0.642. The second-order valence-corrected chi connectivity index (χ2v) is 6.13. The highest BCUT2D eigenvalue weighted by Crippen LogP contribution is 2.38. The van der Waals surface area contributed by atoms with Crippen molar-refractivity contribution in [2.45, 2.75) is 25.8 Å². The molecule has 1 atom stereocenters. The molecule has 0 amide bonds. The summed E-state index contributed by atoms with van der Waals surface area (Å²) in [7, 11) is 0. The minimum absolute atomic E-state index is 0.570. The summed E-state index contributed by atoms with van der Waals surface area (Å²) in [5.74, 6) is 0.570. The molecule has 0 aliphatic carbocycles. The SMILES string of the molecule is Cc1nc(CN2CC(CCN)c3ccccc32)cs1. The fourth-order valence-electron chi connectivity index (χ4n) is 2.86. The quantitative estimate of drug-likeness (QED) is 0.931. The van der Waals surface area contributed by atoms with Gasteiger partial charge < -0.3 is 10.6 Å². The number of anilines is 1. The molecule has 3 rings (SSSR count). The van der Waals surface area contributed by atoms with Crippen molar-refractivity contribution >= 4 is 17.0 Å². The van der Waals surface area contributed by atoms with Gasteiger partial charge in [0.25, 0.3) is 0 Å². The highest BCUT2D eigenvalue weighted by Gasteiger charge is 2.27. The van der Waals surface area contributed by atoms with E-state index < -0.39 is 0 Å². The van der Waals surface area contributed by atoms with Gasteiger partial charge in [0.15, 0.2) is 0 Å². The van der Waals surface area contributed by atoms with E-state index in [2.05, 4.69) is 46.5 Å². The van der Waals surface area contributed by atoms with Gasteiger partial charge in [0, 0.05) is 23.5 Å². The third-order valence-corrected chi connectivity index (χ3v) is 4.51. The standard InChI is InChI=1S/C15H19N3S/c1-11-17-13(10-19-11)9-18-8-12(6-7-16)14-4-2-3-5-15(14)18/h2-5,10,12H,6-9,16H2,1H3. The van der Waals surface area contributed by atoms with Crippen molar-refractivity contribution in [1.29, 1.82) is 0 Å². The predicted molar refractivity (Wildman–Crippen MR) is 80.8 cm³/mol. The Bertz CT molecular complexity index is 564. The number of nitrogens with zero attached hydrogens (tertiary/aromatic N) is 2. The molecule has 2 N–H and O–H groups in total. The lowest BCUT2D eigenvalue weighted by Crippen LogP contribution is -2.22. The molecular weight excluding hydrogens is 254 g/mol. The Hall–Kier alpha value is -1.39. The van der Waals surface area contributed by atoms with E-state index >= 15 is 0 Å². The van der Waals surface area contributed by atoms with Crippen LogP contribution in [0.1, 0.15) is 28.6 Å². The highest BCUT2D eigenvalue weighted by atomic mass is 32.1. The number of benzene rings is 1. The van der Waals surface area contributed by atoms with Crippen LogP contribution in [0.25, 0.3) is 0 Å². The zero-order valence-corrected chi connectivity index (χ0v) is 12.0. The minimum Gasteiger partial charge on any atom is -0.365 e. The van der Waals surface area contributed by atoms with Crippen LogP contribution in [0.15, 0.2) is 29.6 Å². The molecule has 2 heterocycles. The minimum atomic E-state index is 0.570. The third kappa shape index (κ3) is 2.51. The number of fused-ring (bicyclic) bond motifs is 1. The van der Waals surface area contributed by atoms with Crippen LogP contribution in [0.2, 0.25) is 0 Å². The maximum absolute atomic E-state index is 5.74. The van der Waals surface area contributed by atoms with Gasteiger partial charge in [-0.2, -0.15) is 0 Å². The number of thiazole rings is 1. The second kappa shape index (κ2) is 5.31. The van der Waals surface area contributed by atoms with Crippen molar-refractivity contribution < 1.29 is 0 Å².